The molecule has 0 aliphatic carbocycles. The molecular weight excluding hydrogens is 301 g/mol. The van der Waals surface area contributed by atoms with Crippen molar-refractivity contribution in [1.82, 2.24) is 9.88 Å². The zero-order valence-corrected chi connectivity index (χ0v) is 10.7. The van der Waals surface area contributed by atoms with E-state index in [4.69, 9.17) is 0 Å². The molecule has 7 heteroatoms. The summed E-state index contributed by atoms with van der Waals surface area (Å²) in [6.07, 6.45) is -3.56. The van der Waals surface area contributed by atoms with Gasteiger partial charge in [0.05, 0.1) is 6.42 Å². The van der Waals surface area contributed by atoms with Gasteiger partial charge in [-0.15, -0.1) is 0 Å². The van der Waals surface area contributed by atoms with Crippen molar-refractivity contribution < 1.29 is 18.0 Å². The van der Waals surface area contributed by atoms with Crippen molar-refractivity contribution >= 4 is 21.8 Å². The lowest BCUT2D eigenvalue weighted by Gasteiger charge is -2.09. The molecule has 96 valence electrons. The van der Waals surface area contributed by atoms with Gasteiger partial charge >= 0.3 is 6.18 Å². The monoisotopic (exact) mass is 312 g/mol. The maximum atomic E-state index is 11.9. The van der Waals surface area contributed by atoms with Crippen LogP contribution in [0.3, 0.4) is 0 Å². The van der Waals surface area contributed by atoms with Gasteiger partial charge in [0, 0.05) is 23.8 Å². The Balaban J connectivity index is 2.58. The number of hydrogen-bond donors (Lipinski definition) is 1. The third-order valence-electron chi connectivity index (χ3n) is 2.13. The Kier molecular flexibility index (Phi) is 4.62. The summed E-state index contributed by atoms with van der Waals surface area (Å²) in [5.74, 6) is -0.498. The second kappa shape index (κ2) is 5.57. The highest BCUT2D eigenvalue weighted by atomic mass is 79.9. The molecule has 0 spiro atoms. The maximum Gasteiger partial charge on any atom is 0.390 e. The molecule has 0 fully saturated rings. The van der Waals surface area contributed by atoms with Crippen LogP contribution in [0, 0.1) is 0 Å². The number of nitrogens with one attached hydrogen (secondary N) is 1. The fraction of sp³-hybridized carbons (Fsp3) is 0.500. The van der Waals surface area contributed by atoms with Crippen molar-refractivity contribution in [2.75, 3.05) is 6.54 Å². The number of hydrogen-bond acceptors (Lipinski definition) is 1. The molecular formula is C10H12BrF3N2O. The van der Waals surface area contributed by atoms with Crippen LogP contribution in [0.5, 0.6) is 0 Å². The number of carbonyl (C=O) groups excluding carboxylic acids is 1. The van der Waals surface area contributed by atoms with Gasteiger partial charge in [-0.1, -0.05) is 0 Å². The zero-order chi connectivity index (χ0) is 13.1. The predicted molar refractivity (Wildman–Crippen MR) is 60.8 cm³/mol. The molecule has 1 amide bonds. The third kappa shape index (κ3) is 4.41. The summed E-state index contributed by atoms with van der Waals surface area (Å²) in [6, 6.07) is 1.58. The van der Waals surface area contributed by atoms with Gasteiger partial charge in [-0.25, -0.2) is 0 Å². The minimum absolute atomic E-state index is 0.349. The number of aromatic nitrogens is 1. The first-order valence-corrected chi connectivity index (χ1v) is 5.83. The second-order valence-corrected chi connectivity index (χ2v) is 4.37. The van der Waals surface area contributed by atoms with E-state index in [9.17, 15) is 18.0 Å². The molecule has 0 aliphatic rings. The van der Waals surface area contributed by atoms with E-state index in [1.807, 2.05) is 6.92 Å². The highest BCUT2D eigenvalue weighted by Crippen LogP contribution is 2.18. The van der Waals surface area contributed by atoms with E-state index in [0.717, 1.165) is 4.47 Å². The van der Waals surface area contributed by atoms with Crippen molar-refractivity contribution in [2.45, 2.75) is 26.1 Å². The highest BCUT2D eigenvalue weighted by Gasteiger charge is 2.26. The molecule has 1 aromatic rings. The number of amides is 1. The summed E-state index contributed by atoms with van der Waals surface area (Å²) in [7, 11) is 0. The molecule has 1 aromatic heterocycles. The van der Waals surface area contributed by atoms with Gasteiger partial charge in [-0.3, -0.25) is 4.79 Å². The first kappa shape index (κ1) is 14.1. The lowest BCUT2D eigenvalue weighted by molar-refractivity contribution is -0.132. The van der Waals surface area contributed by atoms with E-state index in [-0.39, 0.29) is 0 Å². The van der Waals surface area contributed by atoms with E-state index in [2.05, 4.69) is 21.2 Å². The lowest BCUT2D eigenvalue weighted by Crippen LogP contribution is -2.29. The van der Waals surface area contributed by atoms with Gasteiger partial charge < -0.3 is 9.88 Å². The van der Waals surface area contributed by atoms with Crippen LogP contribution in [0.2, 0.25) is 0 Å². The van der Waals surface area contributed by atoms with Crippen molar-refractivity contribution in [3.8, 4) is 0 Å². The van der Waals surface area contributed by atoms with Crippen molar-refractivity contribution in [1.29, 1.82) is 0 Å². The topological polar surface area (TPSA) is 34.0 Å². The SMILES string of the molecule is CCn1cc(Br)cc1C(=O)NCCC(F)(F)F. The number of carbonyl (C=O) groups is 1. The van der Waals surface area contributed by atoms with Crippen molar-refractivity contribution in [3.05, 3.63) is 22.4 Å². The van der Waals surface area contributed by atoms with Crippen LogP contribution in [0.15, 0.2) is 16.7 Å². The minimum atomic E-state index is -4.25. The van der Waals surface area contributed by atoms with E-state index >= 15 is 0 Å². The predicted octanol–water partition coefficient (Wildman–Crippen LogP) is 2.95. The minimum Gasteiger partial charge on any atom is -0.350 e. The number of halogens is 4. The molecule has 0 aromatic carbocycles. The van der Waals surface area contributed by atoms with Gasteiger partial charge in [0.15, 0.2) is 0 Å². The van der Waals surface area contributed by atoms with Gasteiger partial charge in [0.2, 0.25) is 0 Å². The fourth-order valence-electron chi connectivity index (χ4n) is 1.34. The molecule has 0 atom stereocenters. The van der Waals surface area contributed by atoms with Crippen LogP contribution < -0.4 is 5.32 Å². The maximum absolute atomic E-state index is 11.9. The second-order valence-electron chi connectivity index (χ2n) is 3.45. The lowest BCUT2D eigenvalue weighted by atomic mass is 10.3. The molecule has 0 aliphatic heterocycles. The Morgan fingerprint density at radius 2 is 2.18 bits per heavy atom. The fourth-order valence-corrected chi connectivity index (χ4v) is 1.80. The summed E-state index contributed by atoms with van der Waals surface area (Å²) in [5.41, 5.74) is 0.349. The van der Waals surface area contributed by atoms with Crippen LogP contribution in [-0.2, 0) is 6.54 Å². The molecule has 3 nitrogen and oxygen atoms in total. The summed E-state index contributed by atoms with van der Waals surface area (Å²) in [4.78, 5) is 11.6. The van der Waals surface area contributed by atoms with Gasteiger partial charge in [0.25, 0.3) is 5.91 Å². The van der Waals surface area contributed by atoms with Crippen molar-refractivity contribution in [2.24, 2.45) is 0 Å². The molecule has 1 N–H and O–H groups in total. The quantitative estimate of drug-likeness (QED) is 0.911. The van der Waals surface area contributed by atoms with E-state index in [1.54, 1.807) is 16.8 Å². The Bertz CT molecular complexity index is 401. The summed E-state index contributed by atoms with van der Waals surface area (Å²) >= 11 is 3.21. The molecule has 0 bridgehead atoms. The summed E-state index contributed by atoms with van der Waals surface area (Å²) in [5, 5.41) is 2.24. The average molecular weight is 313 g/mol. The largest absolute Gasteiger partial charge is 0.390 e. The summed E-state index contributed by atoms with van der Waals surface area (Å²) < 4.78 is 38.1. The molecule has 17 heavy (non-hydrogen) atoms. The number of nitrogens with zero attached hydrogens (tertiary/aromatic N) is 1. The smallest absolute Gasteiger partial charge is 0.350 e. The van der Waals surface area contributed by atoms with Crippen LogP contribution in [0.1, 0.15) is 23.8 Å². The highest BCUT2D eigenvalue weighted by molar-refractivity contribution is 9.10. The zero-order valence-electron chi connectivity index (χ0n) is 9.14. The third-order valence-corrected chi connectivity index (χ3v) is 2.56. The molecule has 1 rings (SSSR count). The van der Waals surface area contributed by atoms with Gasteiger partial charge in [-0.05, 0) is 28.9 Å². The molecule has 0 unspecified atom stereocenters. The standard InChI is InChI=1S/C10H12BrF3N2O/c1-2-16-6-7(11)5-8(16)9(17)15-4-3-10(12,13)14/h5-6H,2-4H2,1H3,(H,15,17). The van der Waals surface area contributed by atoms with Crippen LogP contribution >= 0.6 is 15.9 Å². The Labute approximate surface area is 105 Å². The average Bonchev–Trinajstić information content (AvgIpc) is 2.57. The molecule has 1 heterocycles. The first-order valence-electron chi connectivity index (χ1n) is 5.04. The van der Waals surface area contributed by atoms with Gasteiger partial charge in [0.1, 0.15) is 5.69 Å². The van der Waals surface area contributed by atoms with Crippen LogP contribution in [0.25, 0.3) is 0 Å². The normalized spacial score (nSPS) is 11.6. The van der Waals surface area contributed by atoms with E-state index in [0.29, 0.717) is 12.2 Å². The van der Waals surface area contributed by atoms with Crippen LogP contribution in [0.4, 0.5) is 13.2 Å². The molecule has 0 saturated heterocycles. The Morgan fingerprint density at radius 1 is 1.53 bits per heavy atom. The number of rotatable bonds is 4. The van der Waals surface area contributed by atoms with E-state index < -0.39 is 25.0 Å². The summed E-state index contributed by atoms with van der Waals surface area (Å²) in [6.45, 7) is 2.02. The Hall–Kier alpha value is -0.980. The molecule has 0 saturated carbocycles. The van der Waals surface area contributed by atoms with Crippen LogP contribution in [-0.4, -0.2) is 23.2 Å². The van der Waals surface area contributed by atoms with E-state index in [1.165, 1.54) is 0 Å². The number of aryl methyl sites for hydroxylation is 1. The van der Waals surface area contributed by atoms with Gasteiger partial charge in [-0.2, -0.15) is 13.2 Å². The number of alkyl halides is 3. The molecule has 0 radical (unpaired) electrons. The Morgan fingerprint density at radius 3 is 2.71 bits per heavy atom. The van der Waals surface area contributed by atoms with Crippen molar-refractivity contribution in [3.63, 3.8) is 0 Å². The first-order chi connectivity index (χ1) is 7.83.